The lowest BCUT2D eigenvalue weighted by Gasteiger charge is -2.21. The molecule has 1 aromatic heterocycles. The van der Waals surface area contributed by atoms with Gasteiger partial charge in [0.05, 0.1) is 13.1 Å². The lowest BCUT2D eigenvalue weighted by atomic mass is 10.1. The molecule has 2 rings (SSSR count). The Balaban J connectivity index is 1.89. The van der Waals surface area contributed by atoms with Crippen molar-refractivity contribution in [3.8, 4) is 0 Å². The fourth-order valence-electron chi connectivity index (χ4n) is 2.68. The average Bonchev–Trinajstić information content (AvgIpc) is 3.21. The average molecular weight is 292 g/mol. The van der Waals surface area contributed by atoms with Crippen molar-refractivity contribution in [1.82, 2.24) is 10.2 Å². The molecule has 1 N–H and O–H groups in total. The van der Waals surface area contributed by atoms with Gasteiger partial charge in [0.1, 0.15) is 11.5 Å². The molecular weight excluding hydrogens is 260 g/mol. The topological polar surface area (TPSA) is 28.4 Å². The molecule has 1 heterocycles. The van der Waals surface area contributed by atoms with Crippen molar-refractivity contribution in [2.45, 2.75) is 72.5 Å². The first-order chi connectivity index (χ1) is 10.1. The van der Waals surface area contributed by atoms with Gasteiger partial charge < -0.3 is 9.73 Å². The third-order valence-electron chi connectivity index (χ3n) is 4.20. The Labute approximate surface area is 130 Å². The van der Waals surface area contributed by atoms with E-state index in [1.807, 2.05) is 0 Å². The highest BCUT2D eigenvalue weighted by atomic mass is 16.3. The molecule has 0 aromatic carbocycles. The number of rotatable bonds is 10. The second-order valence-corrected chi connectivity index (χ2v) is 6.88. The predicted molar refractivity (Wildman–Crippen MR) is 88.3 cm³/mol. The molecule has 120 valence electrons. The quantitative estimate of drug-likeness (QED) is 0.658. The predicted octanol–water partition coefficient (Wildman–Crippen LogP) is 4.10. The highest BCUT2D eigenvalue weighted by Crippen LogP contribution is 2.29. The van der Waals surface area contributed by atoms with Crippen LogP contribution in [0.5, 0.6) is 0 Å². The van der Waals surface area contributed by atoms with Crippen LogP contribution in [0.1, 0.15) is 63.5 Å². The maximum atomic E-state index is 6.07. The van der Waals surface area contributed by atoms with Gasteiger partial charge >= 0.3 is 0 Å². The van der Waals surface area contributed by atoms with E-state index in [1.54, 1.807) is 0 Å². The molecule has 0 aliphatic heterocycles. The van der Waals surface area contributed by atoms with E-state index in [1.165, 1.54) is 31.4 Å². The zero-order chi connectivity index (χ0) is 15.2. The maximum absolute atomic E-state index is 6.07. The van der Waals surface area contributed by atoms with Crippen molar-refractivity contribution in [2.24, 2.45) is 5.92 Å². The summed E-state index contributed by atoms with van der Waals surface area (Å²) in [6.45, 7) is 13.0. The summed E-state index contributed by atoms with van der Waals surface area (Å²) in [6.07, 6.45) is 5.17. The fraction of sp³-hybridized carbons (Fsp3) is 0.778. The van der Waals surface area contributed by atoms with Crippen LogP contribution in [0.4, 0.5) is 0 Å². The second kappa shape index (κ2) is 8.00. The molecule has 1 aromatic rings. The lowest BCUT2D eigenvalue weighted by molar-refractivity contribution is 0.219. The molecule has 3 nitrogen and oxygen atoms in total. The molecule has 0 spiro atoms. The minimum atomic E-state index is 0.776. The SMILES string of the molecule is CCCNCc1oc(CN(CCC(C)C)C2CC2)cc1C. The van der Waals surface area contributed by atoms with E-state index in [9.17, 15) is 0 Å². The van der Waals surface area contributed by atoms with Gasteiger partial charge in [0.15, 0.2) is 0 Å². The highest BCUT2D eigenvalue weighted by Gasteiger charge is 2.29. The molecule has 1 saturated carbocycles. The molecule has 0 unspecified atom stereocenters. The van der Waals surface area contributed by atoms with Gasteiger partial charge in [-0.15, -0.1) is 0 Å². The van der Waals surface area contributed by atoms with Crippen LogP contribution < -0.4 is 5.32 Å². The van der Waals surface area contributed by atoms with Crippen molar-refractivity contribution < 1.29 is 4.42 Å². The van der Waals surface area contributed by atoms with Crippen molar-refractivity contribution in [1.29, 1.82) is 0 Å². The Kier molecular flexibility index (Phi) is 6.31. The van der Waals surface area contributed by atoms with Crippen LogP contribution in [0.2, 0.25) is 0 Å². The molecule has 0 amide bonds. The summed E-state index contributed by atoms with van der Waals surface area (Å²) < 4.78 is 6.07. The summed E-state index contributed by atoms with van der Waals surface area (Å²) in [6, 6.07) is 3.03. The van der Waals surface area contributed by atoms with Gasteiger partial charge in [-0.3, -0.25) is 4.90 Å². The Morgan fingerprint density at radius 2 is 2.14 bits per heavy atom. The van der Waals surface area contributed by atoms with E-state index in [0.29, 0.717) is 0 Å². The summed E-state index contributed by atoms with van der Waals surface area (Å²) in [5, 5.41) is 3.43. The number of aryl methyl sites for hydroxylation is 1. The van der Waals surface area contributed by atoms with Gasteiger partial charge in [-0.2, -0.15) is 0 Å². The zero-order valence-electron chi connectivity index (χ0n) is 14.2. The highest BCUT2D eigenvalue weighted by molar-refractivity contribution is 5.20. The minimum absolute atomic E-state index is 0.776. The molecule has 0 saturated heterocycles. The molecule has 1 fully saturated rings. The molecule has 0 atom stereocenters. The first-order valence-corrected chi connectivity index (χ1v) is 8.63. The van der Waals surface area contributed by atoms with Crippen LogP contribution in [0, 0.1) is 12.8 Å². The number of hydrogen-bond acceptors (Lipinski definition) is 3. The Morgan fingerprint density at radius 1 is 1.38 bits per heavy atom. The molecule has 1 aliphatic rings. The normalized spacial score (nSPS) is 15.3. The minimum Gasteiger partial charge on any atom is -0.463 e. The summed E-state index contributed by atoms with van der Waals surface area (Å²) in [4.78, 5) is 2.61. The van der Waals surface area contributed by atoms with E-state index in [4.69, 9.17) is 4.42 Å². The molecule has 21 heavy (non-hydrogen) atoms. The van der Waals surface area contributed by atoms with Gasteiger partial charge in [0.2, 0.25) is 0 Å². The van der Waals surface area contributed by atoms with Gasteiger partial charge in [0, 0.05) is 6.04 Å². The van der Waals surface area contributed by atoms with Gasteiger partial charge in [-0.25, -0.2) is 0 Å². The van der Waals surface area contributed by atoms with Crippen LogP contribution >= 0.6 is 0 Å². The van der Waals surface area contributed by atoms with Crippen LogP contribution in [0.3, 0.4) is 0 Å². The number of hydrogen-bond donors (Lipinski definition) is 1. The standard InChI is InChI=1S/C18H32N2O/c1-5-9-19-12-18-15(4)11-17(21-18)13-20(16-6-7-16)10-8-14(2)3/h11,14,16,19H,5-10,12-13H2,1-4H3. The van der Waals surface area contributed by atoms with Gasteiger partial charge in [-0.1, -0.05) is 20.8 Å². The fourth-order valence-corrected chi connectivity index (χ4v) is 2.68. The second-order valence-electron chi connectivity index (χ2n) is 6.88. The summed E-state index contributed by atoms with van der Waals surface area (Å²) in [5.41, 5.74) is 1.29. The Bertz CT molecular complexity index is 421. The largest absolute Gasteiger partial charge is 0.463 e. The Hall–Kier alpha value is -0.800. The number of nitrogens with zero attached hydrogens (tertiary/aromatic N) is 1. The summed E-state index contributed by atoms with van der Waals surface area (Å²) in [7, 11) is 0. The van der Waals surface area contributed by atoms with Crippen LogP contribution in [0.15, 0.2) is 10.5 Å². The monoisotopic (exact) mass is 292 g/mol. The molecule has 0 bridgehead atoms. The molecular formula is C18H32N2O. The summed E-state index contributed by atoms with van der Waals surface area (Å²) in [5.74, 6) is 3.02. The van der Waals surface area contributed by atoms with E-state index >= 15 is 0 Å². The van der Waals surface area contributed by atoms with E-state index in [0.717, 1.165) is 49.5 Å². The van der Waals surface area contributed by atoms with Crippen LogP contribution in [-0.2, 0) is 13.1 Å². The summed E-state index contributed by atoms with van der Waals surface area (Å²) >= 11 is 0. The van der Waals surface area contributed by atoms with Gasteiger partial charge in [0.25, 0.3) is 0 Å². The Morgan fingerprint density at radius 3 is 2.76 bits per heavy atom. The molecule has 1 aliphatic carbocycles. The zero-order valence-corrected chi connectivity index (χ0v) is 14.2. The number of furan rings is 1. The lowest BCUT2D eigenvalue weighted by Crippen LogP contribution is -2.27. The van der Waals surface area contributed by atoms with E-state index < -0.39 is 0 Å². The van der Waals surface area contributed by atoms with Crippen molar-refractivity contribution in [2.75, 3.05) is 13.1 Å². The van der Waals surface area contributed by atoms with E-state index in [-0.39, 0.29) is 0 Å². The molecule has 3 heteroatoms. The van der Waals surface area contributed by atoms with Crippen molar-refractivity contribution in [3.63, 3.8) is 0 Å². The number of nitrogens with one attached hydrogen (secondary N) is 1. The third-order valence-corrected chi connectivity index (χ3v) is 4.20. The maximum Gasteiger partial charge on any atom is 0.120 e. The first kappa shape index (κ1) is 16.6. The van der Waals surface area contributed by atoms with Crippen molar-refractivity contribution in [3.05, 3.63) is 23.2 Å². The van der Waals surface area contributed by atoms with Crippen molar-refractivity contribution >= 4 is 0 Å². The first-order valence-electron chi connectivity index (χ1n) is 8.63. The third kappa shape index (κ3) is 5.48. The van der Waals surface area contributed by atoms with Crippen LogP contribution in [0.25, 0.3) is 0 Å². The van der Waals surface area contributed by atoms with Crippen LogP contribution in [-0.4, -0.2) is 24.0 Å². The van der Waals surface area contributed by atoms with E-state index in [2.05, 4.69) is 44.0 Å². The van der Waals surface area contributed by atoms with Gasteiger partial charge in [-0.05, 0) is 63.2 Å². The molecule has 0 radical (unpaired) electrons. The smallest absolute Gasteiger partial charge is 0.120 e.